The van der Waals surface area contributed by atoms with E-state index >= 15 is 0 Å². The van der Waals surface area contributed by atoms with E-state index in [-0.39, 0.29) is 11.7 Å². The van der Waals surface area contributed by atoms with Crippen LogP contribution < -0.4 is 15.8 Å². The van der Waals surface area contributed by atoms with Crippen LogP contribution >= 0.6 is 11.3 Å². The quantitative estimate of drug-likeness (QED) is 0.905. The van der Waals surface area contributed by atoms with Crippen LogP contribution in [-0.4, -0.2) is 18.0 Å². The fraction of sp³-hybridized carbons (Fsp3) is 0.167. The first-order chi connectivity index (χ1) is 9.01. The van der Waals surface area contributed by atoms with Gasteiger partial charge in [0.05, 0.1) is 12.8 Å². The number of nitrogen functional groups attached to an aromatic ring is 1. The lowest BCUT2D eigenvalue weighted by Gasteiger charge is -2.06. The number of hydrogen-bond donors (Lipinski definition) is 2. The van der Waals surface area contributed by atoms with Gasteiger partial charge < -0.3 is 15.8 Å². The summed E-state index contributed by atoms with van der Waals surface area (Å²) in [6.45, 7) is 1.69. The Morgan fingerprint density at radius 1 is 1.53 bits per heavy atom. The first-order valence-corrected chi connectivity index (χ1v) is 6.20. The van der Waals surface area contributed by atoms with Crippen molar-refractivity contribution in [2.45, 2.75) is 6.92 Å². The molecule has 3 N–H and O–H groups in total. The molecule has 19 heavy (non-hydrogen) atoms. The Bertz CT molecular complexity index is 627. The summed E-state index contributed by atoms with van der Waals surface area (Å²) in [4.78, 5) is 16.3. The first kappa shape index (κ1) is 13.3. The van der Waals surface area contributed by atoms with Gasteiger partial charge in [0, 0.05) is 11.8 Å². The highest BCUT2D eigenvalue weighted by Crippen LogP contribution is 2.23. The van der Waals surface area contributed by atoms with Crippen LogP contribution in [0.5, 0.6) is 5.75 Å². The Morgan fingerprint density at radius 2 is 2.26 bits per heavy atom. The molecule has 2 aromatic rings. The molecule has 0 aliphatic rings. The number of nitrogens with two attached hydrogens (primary N) is 1. The molecule has 1 aromatic heterocycles. The van der Waals surface area contributed by atoms with Gasteiger partial charge in [-0.3, -0.25) is 4.79 Å². The van der Waals surface area contributed by atoms with E-state index in [9.17, 15) is 9.18 Å². The second-order valence-corrected chi connectivity index (χ2v) is 4.80. The maximum absolute atomic E-state index is 13.5. The SMILES string of the molecule is COc1ccc(NC(=O)c2sc(N)nc2C)cc1F. The average Bonchev–Trinajstić information content (AvgIpc) is 2.69. The lowest BCUT2D eigenvalue weighted by Crippen LogP contribution is -2.11. The normalized spacial score (nSPS) is 10.3. The summed E-state index contributed by atoms with van der Waals surface area (Å²) in [5, 5.41) is 2.91. The van der Waals surface area contributed by atoms with Gasteiger partial charge in [-0.25, -0.2) is 9.37 Å². The highest BCUT2D eigenvalue weighted by atomic mass is 32.1. The Hall–Kier alpha value is -2.15. The fourth-order valence-corrected chi connectivity index (χ4v) is 2.29. The van der Waals surface area contributed by atoms with Crippen molar-refractivity contribution in [1.82, 2.24) is 4.98 Å². The Kier molecular flexibility index (Phi) is 3.66. The Balaban J connectivity index is 2.19. The largest absolute Gasteiger partial charge is 0.494 e. The van der Waals surface area contributed by atoms with Gasteiger partial charge in [-0.05, 0) is 19.1 Å². The zero-order chi connectivity index (χ0) is 14.0. The number of nitrogens with zero attached hydrogens (tertiary/aromatic N) is 1. The third-order valence-corrected chi connectivity index (χ3v) is 3.41. The number of nitrogens with one attached hydrogen (secondary N) is 1. The molecule has 0 bridgehead atoms. The van der Waals surface area contributed by atoms with Gasteiger partial charge in [-0.1, -0.05) is 11.3 Å². The maximum Gasteiger partial charge on any atom is 0.267 e. The van der Waals surface area contributed by atoms with Crippen LogP contribution in [0.2, 0.25) is 0 Å². The predicted octanol–water partition coefficient (Wildman–Crippen LogP) is 2.43. The number of ether oxygens (including phenoxy) is 1. The summed E-state index contributed by atoms with van der Waals surface area (Å²) in [5.41, 5.74) is 6.42. The monoisotopic (exact) mass is 281 g/mol. The van der Waals surface area contributed by atoms with Crippen LogP contribution in [0, 0.1) is 12.7 Å². The molecule has 0 aliphatic heterocycles. The molecular weight excluding hydrogens is 269 g/mol. The number of anilines is 2. The molecule has 0 unspecified atom stereocenters. The van der Waals surface area contributed by atoms with E-state index in [2.05, 4.69) is 10.3 Å². The third-order valence-electron chi connectivity index (χ3n) is 2.43. The molecule has 5 nitrogen and oxygen atoms in total. The van der Waals surface area contributed by atoms with Gasteiger partial charge in [0.1, 0.15) is 4.88 Å². The minimum atomic E-state index is -0.541. The van der Waals surface area contributed by atoms with Crippen LogP contribution in [0.3, 0.4) is 0 Å². The molecule has 0 fully saturated rings. The first-order valence-electron chi connectivity index (χ1n) is 5.39. The molecule has 0 aliphatic carbocycles. The number of aromatic nitrogens is 1. The van der Waals surface area contributed by atoms with E-state index in [4.69, 9.17) is 10.5 Å². The van der Waals surface area contributed by atoms with Gasteiger partial charge in [-0.2, -0.15) is 0 Å². The minimum absolute atomic E-state index is 0.121. The third kappa shape index (κ3) is 2.82. The number of halogens is 1. The Labute approximate surface area is 113 Å². The van der Waals surface area contributed by atoms with Gasteiger partial charge >= 0.3 is 0 Å². The summed E-state index contributed by atoms with van der Waals surface area (Å²) >= 11 is 1.09. The van der Waals surface area contributed by atoms with Crippen molar-refractivity contribution in [2.75, 3.05) is 18.2 Å². The highest BCUT2D eigenvalue weighted by Gasteiger charge is 2.15. The summed E-state index contributed by atoms with van der Waals surface area (Å²) < 4.78 is 18.3. The zero-order valence-electron chi connectivity index (χ0n) is 10.4. The van der Waals surface area contributed by atoms with Crippen LogP contribution in [0.15, 0.2) is 18.2 Å². The van der Waals surface area contributed by atoms with E-state index in [0.717, 1.165) is 11.3 Å². The topological polar surface area (TPSA) is 77.2 Å². The van der Waals surface area contributed by atoms with Crippen LogP contribution in [0.25, 0.3) is 0 Å². The summed E-state index contributed by atoms with van der Waals surface area (Å²) in [6, 6.07) is 4.19. The van der Waals surface area contributed by atoms with Gasteiger partial charge in [0.2, 0.25) is 0 Å². The number of hydrogen-bond acceptors (Lipinski definition) is 5. The number of benzene rings is 1. The second kappa shape index (κ2) is 5.23. The molecule has 0 radical (unpaired) electrons. The van der Waals surface area contributed by atoms with Crippen molar-refractivity contribution < 1.29 is 13.9 Å². The molecule has 1 amide bonds. The molecule has 0 saturated heterocycles. The number of amides is 1. The maximum atomic E-state index is 13.5. The zero-order valence-corrected chi connectivity index (χ0v) is 11.2. The van der Waals surface area contributed by atoms with Crippen LogP contribution in [0.4, 0.5) is 15.2 Å². The molecule has 0 atom stereocenters. The summed E-state index contributed by atoms with van der Waals surface area (Å²) in [7, 11) is 1.38. The number of thiazole rings is 1. The molecule has 2 rings (SSSR count). The molecule has 1 aromatic carbocycles. The lowest BCUT2D eigenvalue weighted by molar-refractivity contribution is 0.103. The van der Waals surface area contributed by atoms with E-state index in [1.807, 2.05) is 0 Å². The number of carbonyl (C=O) groups excluding carboxylic acids is 1. The predicted molar refractivity (Wildman–Crippen MR) is 72.2 cm³/mol. The second-order valence-electron chi connectivity index (χ2n) is 3.77. The number of carbonyl (C=O) groups is 1. The average molecular weight is 281 g/mol. The van der Waals surface area contributed by atoms with E-state index in [0.29, 0.717) is 21.4 Å². The number of rotatable bonds is 3. The summed E-state index contributed by atoms with van der Waals surface area (Å²) in [6.07, 6.45) is 0. The van der Waals surface area contributed by atoms with Crippen molar-refractivity contribution >= 4 is 28.1 Å². The molecule has 100 valence electrons. The molecule has 0 spiro atoms. The lowest BCUT2D eigenvalue weighted by atomic mass is 10.2. The van der Waals surface area contributed by atoms with Gasteiger partial charge in [0.25, 0.3) is 5.91 Å². The molecule has 1 heterocycles. The number of aryl methyl sites for hydroxylation is 1. The van der Waals surface area contributed by atoms with Crippen molar-refractivity contribution in [3.05, 3.63) is 34.6 Å². The van der Waals surface area contributed by atoms with E-state index in [1.165, 1.54) is 19.2 Å². The van der Waals surface area contributed by atoms with Gasteiger partial charge in [0.15, 0.2) is 16.7 Å². The molecule has 0 saturated carbocycles. The van der Waals surface area contributed by atoms with Gasteiger partial charge in [-0.15, -0.1) is 0 Å². The smallest absolute Gasteiger partial charge is 0.267 e. The van der Waals surface area contributed by atoms with Crippen LogP contribution in [-0.2, 0) is 0 Å². The fourth-order valence-electron chi connectivity index (χ4n) is 1.56. The molecular formula is C12H12FN3O2S. The van der Waals surface area contributed by atoms with Crippen molar-refractivity contribution in [2.24, 2.45) is 0 Å². The molecule has 7 heteroatoms. The van der Waals surface area contributed by atoms with E-state index < -0.39 is 5.82 Å². The van der Waals surface area contributed by atoms with Crippen LogP contribution in [0.1, 0.15) is 15.4 Å². The van der Waals surface area contributed by atoms with Crippen molar-refractivity contribution in [3.63, 3.8) is 0 Å². The summed E-state index contributed by atoms with van der Waals surface area (Å²) in [5.74, 6) is -0.784. The van der Waals surface area contributed by atoms with E-state index in [1.54, 1.807) is 13.0 Å². The highest BCUT2D eigenvalue weighted by molar-refractivity contribution is 7.17. The van der Waals surface area contributed by atoms with Crippen molar-refractivity contribution in [1.29, 1.82) is 0 Å². The Morgan fingerprint density at radius 3 is 2.79 bits per heavy atom. The van der Waals surface area contributed by atoms with Crippen molar-refractivity contribution in [3.8, 4) is 5.75 Å². The minimum Gasteiger partial charge on any atom is -0.494 e. The number of methoxy groups -OCH3 is 1. The standard InChI is InChI=1S/C12H12FN3O2S/c1-6-10(19-12(14)15-6)11(17)16-7-3-4-9(18-2)8(13)5-7/h3-5H,1-2H3,(H2,14,15)(H,16,17).